The molecular formula is C23H23N3O4S. The highest BCUT2D eigenvalue weighted by Crippen LogP contribution is 2.39. The van der Waals surface area contributed by atoms with Crippen molar-refractivity contribution < 1.29 is 19.1 Å². The number of hydrogen-bond acceptors (Lipinski definition) is 6. The summed E-state index contributed by atoms with van der Waals surface area (Å²) in [6.45, 7) is 0.335. The molecule has 0 aliphatic heterocycles. The first kappa shape index (κ1) is 20.9. The fourth-order valence-electron chi connectivity index (χ4n) is 3.18. The number of ether oxygens (including phenoxy) is 2. The maximum Gasteiger partial charge on any atom is 0.271 e. The number of hydrogen-bond donors (Lipinski definition) is 2. The first-order valence-electron chi connectivity index (χ1n) is 9.94. The highest BCUT2D eigenvalue weighted by Gasteiger charge is 2.29. The van der Waals surface area contributed by atoms with Crippen molar-refractivity contribution >= 4 is 28.8 Å². The van der Waals surface area contributed by atoms with Crippen molar-refractivity contribution in [2.45, 2.75) is 19.4 Å². The molecular weight excluding hydrogens is 414 g/mol. The van der Waals surface area contributed by atoms with E-state index in [-0.39, 0.29) is 17.7 Å². The molecule has 2 aromatic carbocycles. The summed E-state index contributed by atoms with van der Waals surface area (Å²) in [6, 6.07) is 13.0. The van der Waals surface area contributed by atoms with Gasteiger partial charge < -0.3 is 20.1 Å². The van der Waals surface area contributed by atoms with Crippen LogP contribution < -0.4 is 20.1 Å². The molecule has 7 nitrogen and oxygen atoms in total. The minimum absolute atomic E-state index is 0.0594. The second-order valence-electron chi connectivity index (χ2n) is 7.23. The van der Waals surface area contributed by atoms with Gasteiger partial charge in [-0.05, 0) is 42.7 Å². The van der Waals surface area contributed by atoms with Crippen LogP contribution in [0.1, 0.15) is 28.9 Å². The molecule has 4 rings (SSSR count). The van der Waals surface area contributed by atoms with Crippen molar-refractivity contribution in [3.63, 3.8) is 0 Å². The van der Waals surface area contributed by atoms with E-state index < -0.39 is 0 Å². The number of nitrogens with zero attached hydrogens (tertiary/aromatic N) is 1. The number of anilines is 1. The van der Waals surface area contributed by atoms with Crippen molar-refractivity contribution in [2.75, 3.05) is 19.5 Å². The lowest BCUT2D eigenvalue weighted by Gasteiger charge is -2.10. The smallest absolute Gasteiger partial charge is 0.271 e. The summed E-state index contributed by atoms with van der Waals surface area (Å²) in [4.78, 5) is 29.0. The third-order valence-corrected chi connectivity index (χ3v) is 5.84. The number of amides is 2. The Balaban J connectivity index is 1.41. The van der Waals surface area contributed by atoms with E-state index in [0.29, 0.717) is 28.7 Å². The van der Waals surface area contributed by atoms with Gasteiger partial charge in [-0.1, -0.05) is 18.2 Å². The molecule has 1 aliphatic rings. The third-order valence-electron chi connectivity index (χ3n) is 4.97. The molecule has 160 valence electrons. The number of aromatic nitrogens is 1. The monoisotopic (exact) mass is 437 g/mol. The molecule has 0 radical (unpaired) electrons. The molecule has 0 saturated heterocycles. The minimum Gasteiger partial charge on any atom is -0.493 e. The van der Waals surface area contributed by atoms with Gasteiger partial charge in [0.2, 0.25) is 5.91 Å². The van der Waals surface area contributed by atoms with Crippen LogP contribution in [-0.4, -0.2) is 31.0 Å². The molecule has 1 aliphatic carbocycles. The highest BCUT2D eigenvalue weighted by atomic mass is 32.1. The summed E-state index contributed by atoms with van der Waals surface area (Å²) >= 11 is 1.36. The van der Waals surface area contributed by atoms with Crippen LogP contribution in [0.4, 0.5) is 5.69 Å². The molecule has 2 amide bonds. The summed E-state index contributed by atoms with van der Waals surface area (Å²) in [5.74, 6) is 1.12. The normalized spacial score (nSPS) is 12.8. The van der Waals surface area contributed by atoms with Crippen LogP contribution in [0.3, 0.4) is 0 Å². The lowest BCUT2D eigenvalue weighted by Crippen LogP contribution is -2.23. The van der Waals surface area contributed by atoms with E-state index in [2.05, 4.69) is 15.6 Å². The fraction of sp³-hybridized carbons (Fsp3) is 0.261. The first-order chi connectivity index (χ1) is 15.1. The molecule has 1 heterocycles. The number of rotatable bonds is 8. The lowest BCUT2D eigenvalue weighted by atomic mass is 10.2. The molecule has 1 saturated carbocycles. The van der Waals surface area contributed by atoms with Crippen LogP contribution in [0.15, 0.2) is 47.8 Å². The number of benzene rings is 2. The van der Waals surface area contributed by atoms with E-state index in [0.717, 1.165) is 29.7 Å². The Morgan fingerprint density at radius 1 is 1.13 bits per heavy atom. The summed E-state index contributed by atoms with van der Waals surface area (Å²) in [5, 5.41) is 8.19. The molecule has 0 atom stereocenters. The molecule has 1 fully saturated rings. The Morgan fingerprint density at radius 3 is 2.68 bits per heavy atom. The second-order valence-corrected chi connectivity index (χ2v) is 8.08. The molecule has 3 aromatic rings. The Bertz CT molecular complexity index is 1110. The van der Waals surface area contributed by atoms with Gasteiger partial charge >= 0.3 is 0 Å². The lowest BCUT2D eigenvalue weighted by molar-refractivity contribution is -0.117. The number of methoxy groups -OCH3 is 2. The second kappa shape index (κ2) is 9.18. The van der Waals surface area contributed by atoms with Crippen molar-refractivity contribution in [1.82, 2.24) is 10.3 Å². The van der Waals surface area contributed by atoms with Crippen LogP contribution in [0.5, 0.6) is 11.5 Å². The molecule has 1 aromatic heterocycles. The standard InChI is InChI=1S/C23H23N3O4S/c1-29-19-8-4-7-17(20(19)30-2)23-26-18(13-31-23)22(28)24-12-14-5-3-6-16(11-14)25-21(27)15-9-10-15/h3-8,11,13,15H,9-10,12H2,1-2H3,(H,24,28)(H,25,27). The number of para-hydroxylation sites is 1. The topological polar surface area (TPSA) is 89.5 Å². The predicted molar refractivity (Wildman–Crippen MR) is 120 cm³/mol. The average molecular weight is 438 g/mol. The van der Waals surface area contributed by atoms with Gasteiger partial charge in [0.15, 0.2) is 11.5 Å². The van der Waals surface area contributed by atoms with E-state index in [1.807, 2.05) is 42.5 Å². The summed E-state index contributed by atoms with van der Waals surface area (Å²) < 4.78 is 10.8. The van der Waals surface area contributed by atoms with Gasteiger partial charge in [0.1, 0.15) is 10.7 Å². The van der Waals surface area contributed by atoms with Crippen LogP contribution in [-0.2, 0) is 11.3 Å². The summed E-state index contributed by atoms with van der Waals surface area (Å²) in [5.41, 5.74) is 2.74. The van der Waals surface area contributed by atoms with Gasteiger partial charge in [-0.3, -0.25) is 9.59 Å². The molecule has 2 N–H and O–H groups in total. The van der Waals surface area contributed by atoms with Crippen molar-refractivity contribution in [1.29, 1.82) is 0 Å². The number of carbonyl (C=O) groups excluding carboxylic acids is 2. The van der Waals surface area contributed by atoms with E-state index >= 15 is 0 Å². The zero-order valence-electron chi connectivity index (χ0n) is 17.3. The number of carbonyl (C=O) groups is 2. The van der Waals surface area contributed by atoms with Gasteiger partial charge in [-0.2, -0.15) is 0 Å². The summed E-state index contributed by atoms with van der Waals surface area (Å²) in [6.07, 6.45) is 1.91. The zero-order chi connectivity index (χ0) is 21.8. The highest BCUT2D eigenvalue weighted by molar-refractivity contribution is 7.13. The van der Waals surface area contributed by atoms with Crippen LogP contribution in [0.2, 0.25) is 0 Å². The molecule has 0 spiro atoms. The fourth-order valence-corrected chi connectivity index (χ4v) is 4.00. The maximum absolute atomic E-state index is 12.6. The van der Waals surface area contributed by atoms with E-state index in [4.69, 9.17) is 9.47 Å². The Morgan fingerprint density at radius 2 is 1.94 bits per heavy atom. The van der Waals surface area contributed by atoms with Crippen molar-refractivity contribution in [2.24, 2.45) is 5.92 Å². The van der Waals surface area contributed by atoms with Gasteiger partial charge in [0, 0.05) is 23.5 Å². The van der Waals surface area contributed by atoms with E-state index in [1.165, 1.54) is 11.3 Å². The van der Waals surface area contributed by atoms with Gasteiger partial charge in [0.25, 0.3) is 5.91 Å². The van der Waals surface area contributed by atoms with Crippen molar-refractivity contribution in [3.8, 4) is 22.1 Å². The van der Waals surface area contributed by atoms with Crippen molar-refractivity contribution in [3.05, 3.63) is 59.1 Å². The molecule has 0 unspecified atom stereocenters. The zero-order valence-corrected chi connectivity index (χ0v) is 18.1. The predicted octanol–water partition coefficient (Wildman–Crippen LogP) is 4.11. The van der Waals surface area contributed by atoms with Gasteiger partial charge in [-0.15, -0.1) is 11.3 Å². The Kier molecular flexibility index (Phi) is 6.18. The van der Waals surface area contributed by atoms with Gasteiger partial charge in [0.05, 0.1) is 19.8 Å². The quantitative estimate of drug-likeness (QED) is 0.554. The molecule has 8 heteroatoms. The maximum atomic E-state index is 12.6. The average Bonchev–Trinajstić information content (AvgIpc) is 3.54. The SMILES string of the molecule is COc1cccc(-c2nc(C(=O)NCc3cccc(NC(=O)C4CC4)c3)cs2)c1OC. The van der Waals surface area contributed by atoms with Crippen LogP contribution in [0, 0.1) is 5.92 Å². The van der Waals surface area contributed by atoms with E-state index in [9.17, 15) is 9.59 Å². The van der Waals surface area contributed by atoms with E-state index in [1.54, 1.807) is 19.6 Å². The van der Waals surface area contributed by atoms with Crippen LogP contribution >= 0.6 is 11.3 Å². The number of nitrogens with one attached hydrogen (secondary N) is 2. The largest absolute Gasteiger partial charge is 0.493 e. The Hall–Kier alpha value is -3.39. The Labute approximate surface area is 184 Å². The molecule has 31 heavy (non-hydrogen) atoms. The van der Waals surface area contributed by atoms with Gasteiger partial charge in [-0.25, -0.2) is 4.98 Å². The minimum atomic E-state index is -0.267. The van der Waals surface area contributed by atoms with Crippen LogP contribution in [0.25, 0.3) is 10.6 Å². The third kappa shape index (κ3) is 4.86. The summed E-state index contributed by atoms with van der Waals surface area (Å²) in [7, 11) is 3.15. The first-order valence-corrected chi connectivity index (χ1v) is 10.8. The number of thiazole rings is 1. The molecule has 0 bridgehead atoms.